The lowest BCUT2D eigenvalue weighted by atomic mass is 9.71. The Kier molecular flexibility index (Phi) is 3.23. The summed E-state index contributed by atoms with van der Waals surface area (Å²) in [6.45, 7) is 7.47. The second-order valence-corrected chi connectivity index (χ2v) is 6.63. The van der Waals surface area contributed by atoms with Crippen molar-refractivity contribution in [2.75, 3.05) is 6.54 Å². The third kappa shape index (κ3) is 2.10. The maximum absolute atomic E-state index is 11.5. The van der Waals surface area contributed by atoms with Crippen molar-refractivity contribution in [3.63, 3.8) is 0 Å². The summed E-state index contributed by atoms with van der Waals surface area (Å²) in [4.78, 5) is 13.8. The second kappa shape index (κ2) is 4.27. The SMILES string of the molecule is CC1(C)CCCCC1N1CCCC1(C)C(=O)O. The van der Waals surface area contributed by atoms with Crippen molar-refractivity contribution in [3.8, 4) is 0 Å². The molecule has 1 N–H and O–H groups in total. The first-order valence-corrected chi connectivity index (χ1v) is 6.88. The highest BCUT2D eigenvalue weighted by Gasteiger charge is 2.50. The smallest absolute Gasteiger partial charge is 0.323 e. The molecular formula is C14H25NO2. The molecule has 2 fully saturated rings. The highest BCUT2D eigenvalue weighted by Crippen LogP contribution is 2.44. The molecule has 98 valence electrons. The molecule has 2 unspecified atom stereocenters. The molecule has 17 heavy (non-hydrogen) atoms. The molecule has 0 aromatic rings. The van der Waals surface area contributed by atoms with E-state index < -0.39 is 11.5 Å². The summed E-state index contributed by atoms with van der Waals surface area (Å²) < 4.78 is 0. The Balaban J connectivity index is 2.23. The first-order valence-electron chi connectivity index (χ1n) is 6.88. The van der Waals surface area contributed by atoms with Gasteiger partial charge >= 0.3 is 5.97 Å². The normalized spacial score (nSPS) is 38.2. The van der Waals surface area contributed by atoms with Crippen LogP contribution in [0.5, 0.6) is 0 Å². The summed E-state index contributed by atoms with van der Waals surface area (Å²) in [7, 11) is 0. The van der Waals surface area contributed by atoms with Crippen LogP contribution < -0.4 is 0 Å². The Morgan fingerprint density at radius 2 is 1.88 bits per heavy atom. The van der Waals surface area contributed by atoms with Crippen molar-refractivity contribution in [3.05, 3.63) is 0 Å². The van der Waals surface area contributed by atoms with E-state index in [-0.39, 0.29) is 5.41 Å². The fourth-order valence-corrected chi connectivity index (χ4v) is 3.77. The van der Waals surface area contributed by atoms with Crippen LogP contribution in [-0.2, 0) is 4.79 Å². The van der Waals surface area contributed by atoms with E-state index in [2.05, 4.69) is 18.7 Å². The van der Waals surface area contributed by atoms with Crippen LogP contribution in [0.2, 0.25) is 0 Å². The van der Waals surface area contributed by atoms with Crippen LogP contribution in [0.25, 0.3) is 0 Å². The van der Waals surface area contributed by atoms with Crippen LogP contribution in [0.4, 0.5) is 0 Å². The van der Waals surface area contributed by atoms with Crippen molar-refractivity contribution in [2.45, 2.75) is 70.9 Å². The molecule has 0 spiro atoms. The zero-order valence-electron chi connectivity index (χ0n) is 11.3. The lowest BCUT2D eigenvalue weighted by Crippen LogP contribution is -2.57. The summed E-state index contributed by atoms with van der Waals surface area (Å²) >= 11 is 0. The van der Waals surface area contributed by atoms with Crippen molar-refractivity contribution in [1.29, 1.82) is 0 Å². The zero-order valence-corrected chi connectivity index (χ0v) is 11.3. The Bertz CT molecular complexity index is 313. The van der Waals surface area contributed by atoms with E-state index in [0.717, 1.165) is 25.8 Å². The first kappa shape index (κ1) is 12.9. The minimum atomic E-state index is -0.642. The van der Waals surface area contributed by atoms with E-state index in [0.29, 0.717) is 6.04 Å². The number of hydrogen-bond donors (Lipinski definition) is 1. The summed E-state index contributed by atoms with van der Waals surface area (Å²) in [6, 6.07) is 0.444. The van der Waals surface area contributed by atoms with Crippen molar-refractivity contribution < 1.29 is 9.90 Å². The van der Waals surface area contributed by atoms with Gasteiger partial charge in [-0.25, -0.2) is 0 Å². The number of carboxylic acids is 1. The fraction of sp³-hybridized carbons (Fsp3) is 0.929. The van der Waals surface area contributed by atoms with Crippen LogP contribution in [0, 0.1) is 5.41 Å². The first-order chi connectivity index (χ1) is 7.88. The molecule has 1 aliphatic carbocycles. The molecule has 0 amide bonds. The van der Waals surface area contributed by atoms with Gasteiger partial charge in [-0.2, -0.15) is 0 Å². The zero-order chi connectivity index (χ0) is 12.7. The van der Waals surface area contributed by atoms with E-state index in [1.54, 1.807) is 0 Å². The quantitative estimate of drug-likeness (QED) is 0.805. The molecule has 1 saturated carbocycles. The van der Waals surface area contributed by atoms with Crippen molar-refractivity contribution >= 4 is 5.97 Å². The van der Waals surface area contributed by atoms with Crippen LogP contribution in [0.3, 0.4) is 0 Å². The van der Waals surface area contributed by atoms with Crippen LogP contribution in [0.15, 0.2) is 0 Å². The molecule has 3 nitrogen and oxygen atoms in total. The van der Waals surface area contributed by atoms with Crippen molar-refractivity contribution in [1.82, 2.24) is 4.90 Å². The third-order valence-corrected chi connectivity index (χ3v) is 4.98. The lowest BCUT2D eigenvalue weighted by Gasteiger charge is -2.48. The van der Waals surface area contributed by atoms with E-state index in [1.165, 1.54) is 19.3 Å². The fourth-order valence-electron chi connectivity index (χ4n) is 3.77. The number of carbonyl (C=O) groups is 1. The van der Waals surface area contributed by atoms with E-state index in [1.807, 2.05) is 6.92 Å². The number of aliphatic carboxylic acids is 1. The molecule has 0 radical (unpaired) electrons. The molecule has 0 aromatic carbocycles. The largest absolute Gasteiger partial charge is 0.480 e. The molecular weight excluding hydrogens is 214 g/mol. The standard InChI is InChI=1S/C14H25NO2/c1-13(2)8-5-4-7-11(13)15-10-6-9-14(15,3)12(16)17/h11H,4-10H2,1-3H3,(H,16,17). The molecule has 1 saturated heterocycles. The molecule has 0 bridgehead atoms. The number of hydrogen-bond acceptors (Lipinski definition) is 2. The Labute approximate surface area is 104 Å². The average Bonchev–Trinajstić information content (AvgIpc) is 2.61. The Morgan fingerprint density at radius 1 is 1.18 bits per heavy atom. The maximum atomic E-state index is 11.5. The van der Waals surface area contributed by atoms with Gasteiger partial charge in [-0.15, -0.1) is 0 Å². The van der Waals surface area contributed by atoms with Gasteiger partial charge in [0.05, 0.1) is 0 Å². The number of carboxylic acid groups (broad SMARTS) is 1. The summed E-state index contributed by atoms with van der Waals surface area (Å²) in [5.41, 5.74) is -0.363. The Hall–Kier alpha value is -0.570. The highest BCUT2D eigenvalue weighted by atomic mass is 16.4. The van der Waals surface area contributed by atoms with Crippen LogP contribution >= 0.6 is 0 Å². The predicted octanol–water partition coefficient (Wildman–Crippen LogP) is 2.89. The van der Waals surface area contributed by atoms with E-state index in [4.69, 9.17) is 0 Å². The molecule has 0 aromatic heterocycles. The van der Waals surface area contributed by atoms with Gasteiger partial charge in [0.2, 0.25) is 0 Å². The minimum absolute atomic E-state index is 0.263. The number of likely N-dealkylation sites (tertiary alicyclic amines) is 1. The molecule has 2 rings (SSSR count). The topological polar surface area (TPSA) is 40.5 Å². The number of rotatable bonds is 2. The average molecular weight is 239 g/mol. The van der Waals surface area contributed by atoms with E-state index in [9.17, 15) is 9.90 Å². The van der Waals surface area contributed by atoms with Gasteiger partial charge in [-0.1, -0.05) is 26.7 Å². The van der Waals surface area contributed by atoms with Gasteiger partial charge in [0.25, 0.3) is 0 Å². The second-order valence-electron chi connectivity index (χ2n) is 6.63. The van der Waals surface area contributed by atoms with Gasteiger partial charge in [0, 0.05) is 6.04 Å². The van der Waals surface area contributed by atoms with Gasteiger partial charge in [-0.3, -0.25) is 9.69 Å². The highest BCUT2D eigenvalue weighted by molar-refractivity contribution is 5.78. The van der Waals surface area contributed by atoms with E-state index >= 15 is 0 Å². The minimum Gasteiger partial charge on any atom is -0.480 e. The van der Waals surface area contributed by atoms with Gasteiger partial charge in [-0.05, 0) is 44.6 Å². The predicted molar refractivity (Wildman–Crippen MR) is 68.0 cm³/mol. The summed E-state index contributed by atoms with van der Waals surface area (Å²) in [6.07, 6.45) is 6.76. The van der Waals surface area contributed by atoms with Crippen LogP contribution in [0.1, 0.15) is 59.3 Å². The summed E-state index contributed by atoms with van der Waals surface area (Å²) in [5, 5.41) is 9.50. The maximum Gasteiger partial charge on any atom is 0.323 e. The van der Waals surface area contributed by atoms with Gasteiger partial charge in [0.1, 0.15) is 5.54 Å². The van der Waals surface area contributed by atoms with Gasteiger partial charge in [0.15, 0.2) is 0 Å². The molecule has 3 heteroatoms. The molecule has 1 aliphatic heterocycles. The lowest BCUT2D eigenvalue weighted by molar-refractivity contribution is -0.152. The third-order valence-electron chi connectivity index (χ3n) is 4.98. The summed E-state index contributed by atoms with van der Waals surface area (Å²) in [5.74, 6) is -0.642. The number of nitrogens with zero attached hydrogens (tertiary/aromatic N) is 1. The monoisotopic (exact) mass is 239 g/mol. The molecule has 1 heterocycles. The molecule has 2 aliphatic rings. The van der Waals surface area contributed by atoms with Gasteiger partial charge < -0.3 is 5.11 Å². The van der Waals surface area contributed by atoms with Crippen LogP contribution in [-0.4, -0.2) is 34.1 Å². The van der Waals surface area contributed by atoms with Crippen molar-refractivity contribution in [2.24, 2.45) is 5.41 Å². The molecule has 2 atom stereocenters. The Morgan fingerprint density at radius 3 is 2.47 bits per heavy atom.